The summed E-state index contributed by atoms with van der Waals surface area (Å²) in [7, 11) is -6.63. The first-order valence-corrected chi connectivity index (χ1v) is 22.7. The first-order valence-electron chi connectivity index (χ1n) is 19.4. The molecule has 0 bridgehead atoms. The average molecular weight is 739 g/mol. The molecule has 0 aromatic heterocycles. The molecule has 5 nitrogen and oxygen atoms in total. The van der Waals surface area contributed by atoms with Crippen molar-refractivity contribution in [2.75, 3.05) is 11.5 Å². The lowest BCUT2D eigenvalue weighted by Crippen LogP contribution is -2.36. The van der Waals surface area contributed by atoms with Crippen molar-refractivity contribution in [3.05, 3.63) is 131 Å². The Kier molecular flexibility index (Phi) is 9.88. The molecule has 4 aromatic rings. The first kappa shape index (κ1) is 37.1. The van der Waals surface area contributed by atoms with Crippen LogP contribution in [0.1, 0.15) is 108 Å². The van der Waals surface area contributed by atoms with Gasteiger partial charge in [0.15, 0.2) is 19.7 Å². The number of hydrogen-bond donors (Lipinski definition) is 0. The van der Waals surface area contributed by atoms with Crippen LogP contribution in [0.3, 0.4) is 0 Å². The van der Waals surface area contributed by atoms with E-state index in [1.165, 1.54) is 5.56 Å². The quantitative estimate of drug-likeness (QED) is 0.151. The maximum absolute atomic E-state index is 13.4. The van der Waals surface area contributed by atoms with Crippen molar-refractivity contribution in [2.45, 2.75) is 112 Å². The lowest BCUT2D eigenvalue weighted by atomic mass is 9.71. The molecule has 0 amide bonds. The van der Waals surface area contributed by atoms with E-state index >= 15 is 0 Å². The molecule has 0 N–H and O–H groups in total. The summed E-state index contributed by atoms with van der Waals surface area (Å²) in [6.07, 6.45) is 8.89. The maximum atomic E-state index is 13.4. The largest absolute Gasteiger partial charge is 0.355 e. The lowest BCUT2D eigenvalue weighted by Gasteiger charge is -2.34. The van der Waals surface area contributed by atoms with Crippen molar-refractivity contribution in [1.82, 2.24) is 0 Å². The van der Waals surface area contributed by atoms with Crippen molar-refractivity contribution < 1.29 is 21.6 Å². The summed E-state index contributed by atoms with van der Waals surface area (Å²) >= 11 is 0. The molecular weight excluding hydrogens is 685 g/mol. The summed E-state index contributed by atoms with van der Waals surface area (Å²) < 4.78 is 59.9. The monoisotopic (exact) mass is 738 g/mol. The second kappa shape index (κ2) is 13.9. The number of sulfone groups is 2. The minimum atomic E-state index is -3.36. The first-order chi connectivity index (χ1) is 25.0. The van der Waals surface area contributed by atoms with E-state index < -0.39 is 25.3 Å². The highest BCUT2D eigenvalue weighted by atomic mass is 32.2. The molecule has 8 rings (SSSR count). The lowest BCUT2D eigenvalue weighted by molar-refractivity contribution is 0.191. The van der Waals surface area contributed by atoms with Gasteiger partial charge in [0, 0.05) is 16.4 Å². The van der Waals surface area contributed by atoms with Crippen LogP contribution in [0.4, 0.5) is 0 Å². The fourth-order valence-electron chi connectivity index (χ4n) is 10.2. The molecule has 0 spiro atoms. The summed E-state index contributed by atoms with van der Waals surface area (Å²) in [6, 6.07) is 35.9. The third-order valence-corrected chi connectivity index (χ3v) is 17.1. The number of ether oxygens (including phenoxy) is 1. The molecule has 3 heterocycles. The fourth-order valence-corrected chi connectivity index (χ4v) is 14.8. The van der Waals surface area contributed by atoms with E-state index in [1.54, 1.807) is 6.07 Å². The Balaban J connectivity index is 0.000000162. The van der Waals surface area contributed by atoms with Crippen LogP contribution in [0, 0.1) is 16.7 Å². The molecule has 4 aliphatic rings. The molecule has 6 atom stereocenters. The van der Waals surface area contributed by atoms with Gasteiger partial charge in [-0.3, -0.25) is 0 Å². The zero-order valence-electron chi connectivity index (χ0n) is 31.2. The number of hydrogen-bond acceptors (Lipinski definition) is 5. The predicted octanol–water partition coefficient (Wildman–Crippen LogP) is 10.1. The van der Waals surface area contributed by atoms with E-state index in [0.29, 0.717) is 21.5 Å². The maximum Gasteiger partial charge on any atom is 0.179 e. The van der Waals surface area contributed by atoms with Gasteiger partial charge in [0.1, 0.15) is 11.7 Å². The molecule has 3 aliphatic heterocycles. The molecule has 276 valence electrons. The Labute approximate surface area is 312 Å². The van der Waals surface area contributed by atoms with Crippen molar-refractivity contribution in [1.29, 1.82) is 0 Å². The smallest absolute Gasteiger partial charge is 0.179 e. The zero-order chi connectivity index (χ0) is 36.8. The molecule has 0 unspecified atom stereocenters. The van der Waals surface area contributed by atoms with Crippen LogP contribution >= 0.6 is 0 Å². The molecular formula is C45H54O5S2. The summed E-state index contributed by atoms with van der Waals surface area (Å²) in [5, 5.41) is 0. The van der Waals surface area contributed by atoms with E-state index in [-0.39, 0.29) is 28.1 Å². The third kappa shape index (κ3) is 5.90. The van der Waals surface area contributed by atoms with E-state index in [9.17, 15) is 16.8 Å². The highest BCUT2D eigenvalue weighted by Gasteiger charge is 2.70. The van der Waals surface area contributed by atoms with Crippen LogP contribution in [0.5, 0.6) is 0 Å². The minimum Gasteiger partial charge on any atom is -0.355 e. The van der Waals surface area contributed by atoms with E-state index in [0.717, 1.165) is 74.5 Å². The summed E-state index contributed by atoms with van der Waals surface area (Å²) in [5.41, 5.74) is 2.95. The van der Waals surface area contributed by atoms with Gasteiger partial charge < -0.3 is 4.74 Å². The summed E-state index contributed by atoms with van der Waals surface area (Å²) in [4.78, 5) is 1.01. The Morgan fingerprint density at radius 1 is 0.577 bits per heavy atom. The van der Waals surface area contributed by atoms with Gasteiger partial charge in [-0.1, -0.05) is 150 Å². The number of epoxide rings is 1. The van der Waals surface area contributed by atoms with Gasteiger partial charge in [0.25, 0.3) is 0 Å². The Bertz CT molecular complexity index is 1960. The highest BCUT2D eigenvalue weighted by Crippen LogP contribution is 2.70. The number of unbranched alkanes of at least 4 members (excludes halogenated alkanes) is 2. The molecule has 0 radical (unpaired) electrons. The molecule has 4 aromatic carbocycles. The van der Waals surface area contributed by atoms with Crippen molar-refractivity contribution in [3.63, 3.8) is 0 Å². The van der Waals surface area contributed by atoms with Crippen LogP contribution in [-0.2, 0) is 35.4 Å². The second-order valence-electron chi connectivity index (χ2n) is 15.8. The topological polar surface area (TPSA) is 80.8 Å². The molecule has 1 saturated carbocycles. The normalized spacial score (nSPS) is 31.5. The van der Waals surface area contributed by atoms with Gasteiger partial charge in [0.2, 0.25) is 0 Å². The summed E-state index contributed by atoms with van der Waals surface area (Å²) in [6.45, 7) is 8.65. The van der Waals surface area contributed by atoms with Gasteiger partial charge in [-0.05, 0) is 72.3 Å². The van der Waals surface area contributed by atoms with E-state index in [1.807, 2.05) is 60.7 Å². The zero-order valence-corrected chi connectivity index (χ0v) is 32.8. The number of benzene rings is 4. The van der Waals surface area contributed by atoms with Crippen LogP contribution < -0.4 is 0 Å². The van der Waals surface area contributed by atoms with Crippen molar-refractivity contribution in [2.24, 2.45) is 16.7 Å². The van der Waals surface area contributed by atoms with Crippen molar-refractivity contribution >= 4 is 19.7 Å². The summed E-state index contributed by atoms with van der Waals surface area (Å²) in [5.74, 6) is 0.881. The van der Waals surface area contributed by atoms with E-state index in [4.69, 9.17) is 4.74 Å². The fraction of sp³-hybridized carbons (Fsp3) is 0.467. The van der Waals surface area contributed by atoms with Gasteiger partial charge in [-0.25, -0.2) is 16.8 Å². The Hall–Kier alpha value is -3.26. The Morgan fingerprint density at radius 2 is 1.04 bits per heavy atom. The van der Waals surface area contributed by atoms with Gasteiger partial charge >= 0.3 is 0 Å². The highest BCUT2D eigenvalue weighted by molar-refractivity contribution is 7.91. The average Bonchev–Trinajstić information content (AvgIpc) is 4.10. The van der Waals surface area contributed by atoms with Gasteiger partial charge in [-0.2, -0.15) is 0 Å². The van der Waals surface area contributed by atoms with Crippen molar-refractivity contribution in [3.8, 4) is 0 Å². The standard InChI is InChI=1S/C23H28O2S.C22H26O3S/c1-3-5-15-22(4-2)17-26(24,25)20-14-10-9-13-19(20)23(16-21(22)23)18-11-7-6-8-12-18;1-3-5-15-21(4-2)16-26(23,24)19-14-10-9-13-18(19)22(20(21)25-22)17-11-7-6-8-12-17/h6-14,21H,3-5,15-17H2,1-2H3;6-14,20H,3-5,15-16H2,1-2H3/t21-,22-,23-;20-,21+,22+/m10/s1. The van der Waals surface area contributed by atoms with Gasteiger partial charge in [-0.15, -0.1) is 0 Å². The van der Waals surface area contributed by atoms with Crippen LogP contribution in [0.25, 0.3) is 0 Å². The Morgan fingerprint density at radius 3 is 1.60 bits per heavy atom. The number of fused-ring (bicyclic) bond motifs is 6. The van der Waals surface area contributed by atoms with Gasteiger partial charge in [0.05, 0.1) is 21.3 Å². The molecule has 7 heteroatoms. The molecule has 52 heavy (non-hydrogen) atoms. The SMILES string of the molecule is CCCC[C@]1(CC)CS(=O)(=O)c2ccccc2[C@@]2(c3ccccc3)O[C@@H]12.CCCC[C@]1(CC)CS(=O)(=O)c2ccccc2[C@]2(c3ccccc3)C[C@H]12. The van der Waals surface area contributed by atoms with Crippen LogP contribution in [0.15, 0.2) is 119 Å². The molecule has 1 saturated heterocycles. The van der Waals surface area contributed by atoms with Crippen LogP contribution in [0.2, 0.25) is 0 Å². The second-order valence-corrected chi connectivity index (χ2v) is 19.8. The minimum absolute atomic E-state index is 0.0904. The molecule has 1 aliphatic carbocycles. The number of rotatable bonds is 10. The predicted molar refractivity (Wildman–Crippen MR) is 209 cm³/mol. The third-order valence-electron chi connectivity index (χ3n) is 13.1. The van der Waals surface area contributed by atoms with Crippen LogP contribution in [-0.4, -0.2) is 34.4 Å². The van der Waals surface area contributed by atoms with E-state index in [2.05, 4.69) is 70.2 Å². The molecule has 2 fully saturated rings.